The summed E-state index contributed by atoms with van der Waals surface area (Å²) in [6, 6.07) is 7.50. The largest absolute Gasteiger partial charge is 0.498 e. The van der Waals surface area contributed by atoms with Gasteiger partial charge in [-0.1, -0.05) is 18.2 Å². The van der Waals surface area contributed by atoms with Crippen LogP contribution in [0.4, 0.5) is 41.6 Å². The van der Waals surface area contributed by atoms with Crippen molar-refractivity contribution in [2.75, 3.05) is 44.6 Å². The molecule has 3 saturated heterocycles. The number of aldehydes is 1. The van der Waals surface area contributed by atoms with Crippen LogP contribution in [0.1, 0.15) is 74.1 Å². The van der Waals surface area contributed by atoms with E-state index in [1.807, 2.05) is 24.0 Å². The van der Waals surface area contributed by atoms with Gasteiger partial charge in [0.15, 0.2) is 5.66 Å². The molecule has 290 valence electrons. The van der Waals surface area contributed by atoms with E-state index in [1.165, 1.54) is 0 Å². The number of amides is 3. The van der Waals surface area contributed by atoms with Gasteiger partial charge in [-0.2, -0.15) is 26.3 Å². The number of para-hydroxylation sites is 1. The van der Waals surface area contributed by atoms with Crippen molar-refractivity contribution in [2.24, 2.45) is 5.73 Å². The Balaban J connectivity index is 1.40. The molecule has 4 aliphatic rings. The van der Waals surface area contributed by atoms with Crippen LogP contribution in [-0.2, 0) is 30.1 Å². The number of anilines is 1. The van der Waals surface area contributed by atoms with Crippen molar-refractivity contribution in [1.82, 2.24) is 14.7 Å². The number of hydrogen-bond acceptors (Lipinski definition) is 7. The van der Waals surface area contributed by atoms with E-state index in [1.54, 1.807) is 17.0 Å². The predicted molar refractivity (Wildman–Crippen MR) is 181 cm³/mol. The number of nitrogens with zero attached hydrogens (tertiary/aromatic N) is 4. The molecular formula is C37H46F6N6O4. The SMILES string of the molecule is CC1(N)CCN(C2CCN(C3(CC=O)CC(N4CCc5ccccc5NC4=O)CC[N@+]3(Cc3cc(C(F)(F)F)cc(C(F)(F)F)c3)C(=O)[O-])CC2)CC1. The summed E-state index contributed by atoms with van der Waals surface area (Å²) in [5.74, 6) is 0. The lowest BCUT2D eigenvalue weighted by Crippen LogP contribution is -2.80. The zero-order chi connectivity index (χ0) is 38.4. The maximum absolute atomic E-state index is 14.0. The van der Waals surface area contributed by atoms with Crippen LogP contribution in [0.15, 0.2) is 42.5 Å². The predicted octanol–water partition coefficient (Wildman–Crippen LogP) is 5.20. The van der Waals surface area contributed by atoms with Crippen LogP contribution in [0.5, 0.6) is 0 Å². The fraction of sp³-hybridized carbons (Fsp3) is 0.595. The van der Waals surface area contributed by atoms with E-state index in [2.05, 4.69) is 10.2 Å². The average molecular weight is 753 g/mol. The molecule has 0 spiro atoms. The lowest BCUT2D eigenvalue weighted by Gasteiger charge is -2.62. The van der Waals surface area contributed by atoms with Crippen molar-refractivity contribution < 1.29 is 50.3 Å². The monoisotopic (exact) mass is 752 g/mol. The first-order valence-electron chi connectivity index (χ1n) is 18.1. The van der Waals surface area contributed by atoms with Crippen LogP contribution in [0.3, 0.4) is 0 Å². The van der Waals surface area contributed by atoms with Crippen molar-refractivity contribution in [2.45, 2.75) is 100 Å². The lowest BCUT2D eigenvalue weighted by molar-refractivity contribution is -0.956. The number of likely N-dealkylation sites (tertiary alicyclic amines) is 3. The molecule has 0 radical (unpaired) electrons. The second-order valence-electron chi connectivity index (χ2n) is 15.5. The Morgan fingerprint density at radius 1 is 0.962 bits per heavy atom. The third-order valence-electron chi connectivity index (χ3n) is 12.2. The number of alkyl halides is 6. The first-order chi connectivity index (χ1) is 24.9. The maximum Gasteiger partial charge on any atom is 0.416 e. The summed E-state index contributed by atoms with van der Waals surface area (Å²) in [5.41, 5.74) is 2.32. The molecule has 4 heterocycles. The summed E-state index contributed by atoms with van der Waals surface area (Å²) in [6.07, 6.45) is -8.64. The van der Waals surface area contributed by atoms with Crippen LogP contribution in [0.25, 0.3) is 0 Å². The highest BCUT2D eigenvalue weighted by Gasteiger charge is 2.61. The topological polar surface area (TPSA) is 122 Å². The summed E-state index contributed by atoms with van der Waals surface area (Å²) in [5, 5.41) is 16.6. The number of carbonyl (C=O) groups is 3. The zero-order valence-electron chi connectivity index (χ0n) is 29.6. The summed E-state index contributed by atoms with van der Waals surface area (Å²) >= 11 is 0. The number of benzene rings is 2. The molecule has 53 heavy (non-hydrogen) atoms. The number of rotatable bonds is 7. The minimum absolute atomic E-state index is 0.00629. The maximum atomic E-state index is 14.0. The summed E-state index contributed by atoms with van der Waals surface area (Å²) < 4.78 is 82.8. The van der Waals surface area contributed by atoms with Gasteiger partial charge in [0, 0.05) is 74.4 Å². The van der Waals surface area contributed by atoms with Gasteiger partial charge in [0.25, 0.3) is 6.09 Å². The van der Waals surface area contributed by atoms with Crippen molar-refractivity contribution in [1.29, 1.82) is 0 Å². The van der Waals surface area contributed by atoms with E-state index in [4.69, 9.17) is 5.73 Å². The molecule has 16 heteroatoms. The van der Waals surface area contributed by atoms with Crippen LogP contribution in [0, 0.1) is 0 Å². The zero-order valence-corrected chi connectivity index (χ0v) is 29.6. The molecule has 3 atom stereocenters. The molecule has 2 aromatic rings. The third kappa shape index (κ3) is 7.78. The number of carbonyl (C=O) groups excluding carboxylic acids is 3. The standard InChI is InChI=1S/C37H46F6N6O4/c1-34(44)10-16-46(17-11-34)29-7-13-47(14-8-29)35(12-19-50)23-30(48-15-6-26-4-2-3-5-31(26)45-32(48)51)9-18-49(35,33(52)53)24-25-20-27(36(38,39)40)22-28(21-25)37(41,42)43/h2-5,19-22,29-30H,6-18,23-24,44H2,1H3,(H-,45,51,52,53)/t30?,35?,49-/m0/s1. The van der Waals surface area contributed by atoms with Gasteiger partial charge in [0.1, 0.15) is 12.8 Å². The number of nitrogens with one attached hydrogen (secondary N) is 1. The van der Waals surface area contributed by atoms with Gasteiger partial charge in [-0.05, 0) is 68.9 Å². The van der Waals surface area contributed by atoms with E-state index >= 15 is 0 Å². The molecule has 3 amide bonds. The van der Waals surface area contributed by atoms with Gasteiger partial charge in [-0.25, -0.2) is 4.79 Å². The van der Waals surface area contributed by atoms with Gasteiger partial charge in [0.2, 0.25) is 0 Å². The summed E-state index contributed by atoms with van der Waals surface area (Å²) in [6.45, 7) is 3.36. The molecule has 10 nitrogen and oxygen atoms in total. The molecule has 4 aliphatic heterocycles. The van der Waals surface area contributed by atoms with Crippen molar-refractivity contribution in [3.8, 4) is 0 Å². The molecule has 0 aromatic heterocycles. The van der Waals surface area contributed by atoms with Crippen molar-refractivity contribution in [3.63, 3.8) is 0 Å². The van der Waals surface area contributed by atoms with Crippen LogP contribution < -0.4 is 16.2 Å². The van der Waals surface area contributed by atoms with Crippen LogP contribution in [-0.4, -0.2) is 100 Å². The second kappa shape index (κ2) is 14.5. The van der Waals surface area contributed by atoms with Gasteiger partial charge in [-0.3, -0.25) is 9.38 Å². The average Bonchev–Trinajstić information content (AvgIpc) is 3.26. The van der Waals surface area contributed by atoms with Gasteiger partial charge in [0.05, 0.1) is 24.1 Å². The molecule has 0 bridgehead atoms. The fourth-order valence-electron chi connectivity index (χ4n) is 9.18. The number of nitrogens with two attached hydrogens (primary N) is 1. The number of halogens is 6. The second-order valence-corrected chi connectivity index (χ2v) is 15.5. The number of urea groups is 1. The molecule has 2 aromatic carbocycles. The Hall–Kier alpha value is -3.73. The number of piperidine rings is 3. The van der Waals surface area contributed by atoms with Crippen molar-refractivity contribution >= 4 is 24.1 Å². The van der Waals surface area contributed by atoms with E-state index in [0.717, 1.165) is 31.5 Å². The Labute approximate surface area is 304 Å². The quantitative estimate of drug-likeness (QED) is 0.227. The van der Waals surface area contributed by atoms with E-state index < -0.39 is 70.3 Å². The Morgan fingerprint density at radius 3 is 2.17 bits per heavy atom. The number of quaternary nitrogens is 1. The number of carboxylic acid groups (broad SMARTS) is 1. The summed E-state index contributed by atoms with van der Waals surface area (Å²) in [4.78, 5) is 45.9. The Bertz CT molecular complexity index is 1650. The van der Waals surface area contributed by atoms with E-state index in [9.17, 15) is 45.8 Å². The number of hydrogen-bond donors (Lipinski definition) is 2. The normalized spacial score (nSPS) is 27.8. The summed E-state index contributed by atoms with van der Waals surface area (Å²) in [7, 11) is 0. The highest BCUT2D eigenvalue weighted by atomic mass is 19.4. The first kappa shape index (κ1) is 39.0. The highest BCUT2D eigenvalue weighted by molar-refractivity contribution is 5.91. The molecule has 0 aliphatic carbocycles. The van der Waals surface area contributed by atoms with E-state index in [0.29, 0.717) is 56.5 Å². The van der Waals surface area contributed by atoms with Crippen molar-refractivity contribution in [3.05, 3.63) is 64.7 Å². The van der Waals surface area contributed by atoms with Gasteiger partial charge < -0.3 is 35.5 Å². The lowest BCUT2D eigenvalue weighted by atomic mass is 9.81. The Morgan fingerprint density at radius 2 is 1.58 bits per heavy atom. The third-order valence-corrected chi connectivity index (χ3v) is 12.2. The smallest absolute Gasteiger partial charge is 0.416 e. The van der Waals surface area contributed by atoms with Crippen LogP contribution >= 0.6 is 0 Å². The molecule has 0 saturated carbocycles. The fourth-order valence-corrected chi connectivity index (χ4v) is 9.18. The van der Waals surface area contributed by atoms with Gasteiger partial charge >= 0.3 is 18.4 Å². The highest BCUT2D eigenvalue weighted by Crippen LogP contribution is 2.47. The molecule has 6 rings (SSSR count). The first-order valence-corrected chi connectivity index (χ1v) is 18.1. The van der Waals surface area contributed by atoms with E-state index in [-0.39, 0.29) is 43.6 Å². The molecule has 2 unspecified atom stereocenters. The minimum atomic E-state index is -5.15. The molecule has 3 fully saturated rings. The van der Waals surface area contributed by atoms with Gasteiger partial charge in [-0.15, -0.1) is 0 Å². The Kier molecular flexibility index (Phi) is 10.7. The molecule has 3 N–H and O–H groups in total. The number of fused-ring (bicyclic) bond motifs is 1. The van der Waals surface area contributed by atoms with Crippen LogP contribution in [0.2, 0.25) is 0 Å². The molecular weight excluding hydrogens is 706 g/mol. The minimum Gasteiger partial charge on any atom is -0.498 e.